The van der Waals surface area contributed by atoms with E-state index in [1.54, 1.807) is 38.5 Å². The van der Waals surface area contributed by atoms with Gasteiger partial charge in [-0.2, -0.15) is 0 Å². The van der Waals surface area contributed by atoms with Crippen molar-refractivity contribution in [2.75, 3.05) is 30.0 Å². The van der Waals surface area contributed by atoms with Gasteiger partial charge in [0.25, 0.3) is 0 Å². The summed E-state index contributed by atoms with van der Waals surface area (Å²) < 4.78 is 36.5. The first-order chi connectivity index (χ1) is 11.5. The van der Waals surface area contributed by atoms with Gasteiger partial charge in [-0.25, -0.2) is 8.42 Å². The number of benzene rings is 2. The molecule has 0 unspecified atom stereocenters. The molecule has 2 aromatic carbocycles. The molecule has 0 saturated carbocycles. The second kappa shape index (κ2) is 7.92. The first kappa shape index (κ1) is 17.9. The fourth-order valence-electron chi connectivity index (χ4n) is 2.20. The molecule has 0 aliphatic rings. The lowest BCUT2D eigenvalue weighted by atomic mass is 10.2. The zero-order valence-corrected chi connectivity index (χ0v) is 14.8. The molecular formula is C17H22N2O4S. The van der Waals surface area contributed by atoms with Crippen molar-refractivity contribution in [1.29, 1.82) is 0 Å². The summed E-state index contributed by atoms with van der Waals surface area (Å²) in [5, 5.41) is 3.23. The second-order valence-electron chi connectivity index (χ2n) is 5.19. The maximum absolute atomic E-state index is 11.8. The first-order valence-electron chi connectivity index (χ1n) is 7.57. The summed E-state index contributed by atoms with van der Waals surface area (Å²) in [6.07, 6.45) is 0.578. The monoisotopic (exact) mass is 350 g/mol. The zero-order valence-electron chi connectivity index (χ0n) is 14.0. The molecule has 0 saturated heterocycles. The van der Waals surface area contributed by atoms with E-state index < -0.39 is 10.0 Å². The number of ether oxygens (including phenoxy) is 2. The highest BCUT2D eigenvalue weighted by molar-refractivity contribution is 7.92. The average Bonchev–Trinajstić information content (AvgIpc) is 2.56. The SMILES string of the molecule is CCCS(=O)(=O)Nc1ccc(Nc2ccc(OC)c(OC)c2)cc1. The Morgan fingerprint density at radius 2 is 1.46 bits per heavy atom. The van der Waals surface area contributed by atoms with Crippen LogP contribution >= 0.6 is 0 Å². The van der Waals surface area contributed by atoms with Gasteiger partial charge in [0.2, 0.25) is 10.0 Å². The Hall–Kier alpha value is -2.41. The Labute approximate surface area is 142 Å². The van der Waals surface area contributed by atoms with Gasteiger partial charge in [-0.15, -0.1) is 0 Å². The summed E-state index contributed by atoms with van der Waals surface area (Å²) in [4.78, 5) is 0. The van der Waals surface area contributed by atoms with E-state index in [-0.39, 0.29) is 5.75 Å². The van der Waals surface area contributed by atoms with Gasteiger partial charge in [-0.3, -0.25) is 4.72 Å². The van der Waals surface area contributed by atoms with Crippen LogP contribution in [0.2, 0.25) is 0 Å². The Kier molecular flexibility index (Phi) is 5.92. The zero-order chi connectivity index (χ0) is 17.6. The van der Waals surface area contributed by atoms with Gasteiger partial charge in [-0.1, -0.05) is 6.92 Å². The molecule has 130 valence electrons. The van der Waals surface area contributed by atoms with Gasteiger partial charge in [0.15, 0.2) is 11.5 Å². The molecule has 0 aromatic heterocycles. The van der Waals surface area contributed by atoms with Gasteiger partial charge < -0.3 is 14.8 Å². The van der Waals surface area contributed by atoms with E-state index in [1.165, 1.54) is 0 Å². The lowest BCUT2D eigenvalue weighted by molar-refractivity contribution is 0.355. The van der Waals surface area contributed by atoms with E-state index in [4.69, 9.17) is 9.47 Å². The van der Waals surface area contributed by atoms with E-state index in [1.807, 2.05) is 25.1 Å². The molecule has 0 aliphatic carbocycles. The van der Waals surface area contributed by atoms with Crippen molar-refractivity contribution in [2.24, 2.45) is 0 Å². The van der Waals surface area contributed by atoms with Crippen molar-refractivity contribution in [2.45, 2.75) is 13.3 Å². The quantitative estimate of drug-likeness (QED) is 0.761. The van der Waals surface area contributed by atoms with Crippen LogP contribution in [-0.2, 0) is 10.0 Å². The molecule has 7 heteroatoms. The number of sulfonamides is 1. The van der Waals surface area contributed by atoms with Crippen LogP contribution in [0.4, 0.5) is 17.1 Å². The molecule has 2 rings (SSSR count). The van der Waals surface area contributed by atoms with Crippen molar-refractivity contribution in [3.05, 3.63) is 42.5 Å². The molecule has 0 amide bonds. The molecule has 0 fully saturated rings. The van der Waals surface area contributed by atoms with Gasteiger partial charge in [0.1, 0.15) is 0 Å². The minimum absolute atomic E-state index is 0.110. The number of rotatable bonds is 8. The third-order valence-corrected chi connectivity index (χ3v) is 4.80. The molecule has 0 radical (unpaired) electrons. The van der Waals surface area contributed by atoms with Crippen molar-refractivity contribution in [1.82, 2.24) is 0 Å². The van der Waals surface area contributed by atoms with Crippen LogP contribution in [0.15, 0.2) is 42.5 Å². The Balaban J connectivity index is 2.09. The summed E-state index contributed by atoms with van der Waals surface area (Å²) >= 11 is 0. The topological polar surface area (TPSA) is 76.7 Å². The Bertz CT molecular complexity index is 774. The summed E-state index contributed by atoms with van der Waals surface area (Å²) in [6.45, 7) is 1.83. The lowest BCUT2D eigenvalue weighted by Gasteiger charge is -2.12. The highest BCUT2D eigenvalue weighted by atomic mass is 32.2. The van der Waals surface area contributed by atoms with Crippen molar-refractivity contribution in [3.63, 3.8) is 0 Å². The molecule has 0 spiro atoms. The standard InChI is InChI=1S/C17H22N2O4S/c1-4-11-24(20,21)19-14-7-5-13(6-8-14)18-15-9-10-16(22-2)17(12-15)23-3/h5-10,12,18-19H,4,11H2,1-3H3. The molecule has 24 heavy (non-hydrogen) atoms. The number of hydrogen-bond donors (Lipinski definition) is 2. The van der Waals surface area contributed by atoms with E-state index in [2.05, 4.69) is 10.0 Å². The number of nitrogens with one attached hydrogen (secondary N) is 2. The Morgan fingerprint density at radius 1 is 0.875 bits per heavy atom. The third kappa shape index (κ3) is 4.79. The van der Waals surface area contributed by atoms with Gasteiger partial charge >= 0.3 is 0 Å². The number of anilines is 3. The minimum Gasteiger partial charge on any atom is -0.493 e. The highest BCUT2D eigenvalue weighted by Crippen LogP contribution is 2.31. The third-order valence-electron chi connectivity index (χ3n) is 3.30. The predicted octanol–water partition coefficient (Wildman–Crippen LogP) is 3.60. The maximum atomic E-state index is 11.8. The smallest absolute Gasteiger partial charge is 0.232 e. The molecule has 0 heterocycles. The van der Waals surface area contributed by atoms with Gasteiger partial charge in [0, 0.05) is 23.1 Å². The lowest BCUT2D eigenvalue weighted by Crippen LogP contribution is -2.15. The van der Waals surface area contributed by atoms with Crippen LogP contribution in [0.25, 0.3) is 0 Å². The summed E-state index contributed by atoms with van der Waals surface area (Å²) in [5.41, 5.74) is 2.22. The minimum atomic E-state index is -3.27. The van der Waals surface area contributed by atoms with Crippen molar-refractivity contribution < 1.29 is 17.9 Å². The Morgan fingerprint density at radius 3 is 2.04 bits per heavy atom. The van der Waals surface area contributed by atoms with Crippen LogP contribution in [0, 0.1) is 0 Å². The molecule has 0 bridgehead atoms. The van der Waals surface area contributed by atoms with E-state index in [9.17, 15) is 8.42 Å². The van der Waals surface area contributed by atoms with Crippen LogP contribution in [0.1, 0.15) is 13.3 Å². The van der Waals surface area contributed by atoms with Crippen LogP contribution < -0.4 is 19.5 Å². The molecule has 0 atom stereocenters. The largest absolute Gasteiger partial charge is 0.493 e. The van der Waals surface area contributed by atoms with Gasteiger partial charge in [0.05, 0.1) is 20.0 Å². The normalized spacial score (nSPS) is 11.0. The van der Waals surface area contributed by atoms with Gasteiger partial charge in [-0.05, 0) is 42.8 Å². The molecule has 2 aromatic rings. The van der Waals surface area contributed by atoms with E-state index in [0.717, 1.165) is 11.4 Å². The summed E-state index contributed by atoms with van der Waals surface area (Å²) in [7, 11) is -0.105. The fourth-order valence-corrected chi connectivity index (χ4v) is 3.34. The summed E-state index contributed by atoms with van der Waals surface area (Å²) in [5.74, 6) is 1.40. The van der Waals surface area contributed by atoms with Crippen molar-refractivity contribution >= 4 is 27.1 Å². The molecule has 6 nitrogen and oxygen atoms in total. The molecule has 0 aliphatic heterocycles. The second-order valence-corrected chi connectivity index (χ2v) is 7.03. The average molecular weight is 350 g/mol. The maximum Gasteiger partial charge on any atom is 0.232 e. The molecule has 2 N–H and O–H groups in total. The van der Waals surface area contributed by atoms with Crippen LogP contribution in [0.3, 0.4) is 0 Å². The summed E-state index contributed by atoms with van der Waals surface area (Å²) in [6, 6.07) is 12.6. The van der Waals surface area contributed by atoms with Crippen LogP contribution in [-0.4, -0.2) is 28.4 Å². The van der Waals surface area contributed by atoms with E-state index >= 15 is 0 Å². The first-order valence-corrected chi connectivity index (χ1v) is 9.22. The van der Waals surface area contributed by atoms with Crippen LogP contribution in [0.5, 0.6) is 11.5 Å². The van der Waals surface area contributed by atoms with E-state index in [0.29, 0.717) is 23.6 Å². The number of hydrogen-bond acceptors (Lipinski definition) is 5. The van der Waals surface area contributed by atoms with Crippen molar-refractivity contribution in [3.8, 4) is 11.5 Å². The fraction of sp³-hybridized carbons (Fsp3) is 0.294. The predicted molar refractivity (Wildman–Crippen MR) is 97.0 cm³/mol. The molecular weight excluding hydrogens is 328 g/mol. The highest BCUT2D eigenvalue weighted by Gasteiger charge is 2.09. The number of methoxy groups -OCH3 is 2.